The molecule has 6 aromatic rings. The van der Waals surface area contributed by atoms with Crippen molar-refractivity contribution in [2.24, 2.45) is 11.5 Å². The minimum atomic E-state index is -2.51. The highest BCUT2D eigenvalue weighted by Crippen LogP contribution is 2.34. The number of fused-ring (bicyclic) bond motifs is 2. The molecule has 20 nitrogen and oxygen atoms in total. The van der Waals surface area contributed by atoms with Crippen LogP contribution in [0.25, 0.3) is 27.8 Å². The average Bonchev–Trinajstić information content (AvgIpc) is 3.97. The largest absolute Gasteiger partial charge is 0.494 e. The highest BCUT2D eigenvalue weighted by atomic mass is 31.2. The Bertz CT molecular complexity index is 2620. The number of imidazole rings is 2. The van der Waals surface area contributed by atoms with Crippen LogP contribution >= 0.6 is 8.60 Å². The van der Waals surface area contributed by atoms with Crippen LogP contribution in [0, 0.1) is 13.8 Å². The lowest BCUT2D eigenvalue weighted by atomic mass is 10.1. The van der Waals surface area contributed by atoms with E-state index in [1.165, 1.54) is 19.2 Å². The molecule has 8 N–H and O–H groups in total. The topological polar surface area (TPSA) is 267 Å². The summed E-state index contributed by atoms with van der Waals surface area (Å²) in [4.78, 5) is 67.4. The van der Waals surface area contributed by atoms with E-state index in [-0.39, 0.29) is 49.5 Å². The lowest BCUT2D eigenvalue weighted by Gasteiger charge is -2.14. The Labute approximate surface area is 345 Å². The number of benzene rings is 2. The van der Waals surface area contributed by atoms with Gasteiger partial charge in [-0.1, -0.05) is 18.7 Å². The molecule has 21 heteroatoms. The number of nitrogens with zero attached hydrogens (tertiary/aromatic N) is 8. The van der Waals surface area contributed by atoms with Gasteiger partial charge in [0.2, 0.25) is 17.8 Å². The number of rotatable bonds is 19. The minimum Gasteiger partial charge on any atom is -0.494 e. The second kappa shape index (κ2) is 18.5. The second-order valence-electron chi connectivity index (χ2n) is 13.5. The predicted octanol–water partition coefficient (Wildman–Crippen LogP) is 4.23. The van der Waals surface area contributed by atoms with Crippen LogP contribution < -0.4 is 31.6 Å². The van der Waals surface area contributed by atoms with Crippen molar-refractivity contribution < 1.29 is 38.2 Å². The van der Waals surface area contributed by atoms with Gasteiger partial charge in [0.1, 0.15) is 33.9 Å². The van der Waals surface area contributed by atoms with Gasteiger partial charge in [0.25, 0.3) is 11.8 Å². The van der Waals surface area contributed by atoms with Crippen LogP contribution in [-0.4, -0.2) is 86.5 Å². The Hall–Kier alpha value is -6.60. The van der Waals surface area contributed by atoms with Crippen molar-refractivity contribution in [3.63, 3.8) is 0 Å². The van der Waals surface area contributed by atoms with E-state index in [9.17, 15) is 14.4 Å². The van der Waals surface area contributed by atoms with Gasteiger partial charge in [-0.3, -0.25) is 34.4 Å². The van der Waals surface area contributed by atoms with E-state index in [2.05, 4.69) is 32.4 Å². The number of allylic oxidation sites excluding steroid dienone is 2. The summed E-state index contributed by atoms with van der Waals surface area (Å²) in [7, 11) is -1.06. The quantitative estimate of drug-likeness (QED) is 0.0379. The maximum Gasteiger partial charge on any atom is 0.327 e. The third-order valence-electron chi connectivity index (χ3n) is 9.30. The number of amides is 3. The van der Waals surface area contributed by atoms with Gasteiger partial charge < -0.3 is 44.4 Å². The van der Waals surface area contributed by atoms with Crippen LogP contribution in [0.5, 0.6) is 11.5 Å². The molecule has 0 saturated heterocycles. The zero-order valence-corrected chi connectivity index (χ0v) is 34.7. The number of hydrogen-bond donors (Lipinski definition) is 6. The molecular weight excluding hydrogens is 795 g/mol. The van der Waals surface area contributed by atoms with Gasteiger partial charge in [-0.05, 0) is 64.1 Å². The number of carbonyl (C=O) groups excluding carboxylic acids is 3. The van der Waals surface area contributed by atoms with Gasteiger partial charge in [-0.15, -0.1) is 0 Å². The van der Waals surface area contributed by atoms with E-state index in [1.807, 2.05) is 26.0 Å². The molecule has 0 bridgehead atoms. The van der Waals surface area contributed by atoms with Crippen molar-refractivity contribution in [1.82, 2.24) is 38.7 Å². The maximum atomic E-state index is 13.7. The molecule has 3 amide bonds. The van der Waals surface area contributed by atoms with E-state index in [0.29, 0.717) is 81.4 Å². The third kappa shape index (κ3) is 9.31. The molecule has 4 heterocycles. The summed E-state index contributed by atoms with van der Waals surface area (Å²) >= 11 is 0. The molecule has 0 atom stereocenters. The number of anilines is 2. The first kappa shape index (κ1) is 43.0. The van der Waals surface area contributed by atoms with Crippen molar-refractivity contribution in [2.45, 2.75) is 60.3 Å². The Morgan fingerprint density at radius 3 is 1.75 bits per heavy atom. The van der Waals surface area contributed by atoms with Crippen molar-refractivity contribution in [3.05, 3.63) is 89.0 Å². The van der Waals surface area contributed by atoms with Crippen LogP contribution in [0.15, 0.2) is 55.1 Å². The van der Waals surface area contributed by atoms with Gasteiger partial charge in [0.15, 0.2) is 0 Å². The standard InChI is InChI=1S/C39H47N12O8P/c1-7-50-29(16-22(3)46-50)36(53)44-38-43-28-19-26(35(41)52)21-31(57-6)33(28)48(38)12-9-10-13-49-34-27(42-39(49)45-37(54)30-17-23(4)47-51(30)8-2)18-25(24(5)40)20-32(34)58-14-11-15-59-60(55)56/h9-10,16-21,55-56H,5,7-8,11-15,40H2,1-4,6H3,(H2,41,52)(H,42,45,54)(H,43,44,53)/b10-9+. The van der Waals surface area contributed by atoms with Gasteiger partial charge in [-0.25, -0.2) is 9.97 Å². The first-order valence-corrected chi connectivity index (χ1v) is 20.1. The van der Waals surface area contributed by atoms with Crippen LogP contribution in [0.2, 0.25) is 0 Å². The molecule has 0 radical (unpaired) electrons. The lowest BCUT2D eigenvalue weighted by molar-refractivity contribution is 0.0994. The van der Waals surface area contributed by atoms with Crippen LogP contribution in [-0.2, 0) is 30.7 Å². The van der Waals surface area contributed by atoms with Crippen molar-refractivity contribution in [1.29, 1.82) is 0 Å². The Kier molecular flexibility index (Phi) is 13.3. The number of primary amides is 1. The van der Waals surface area contributed by atoms with Gasteiger partial charge in [0, 0.05) is 49.4 Å². The van der Waals surface area contributed by atoms with Gasteiger partial charge in [0.05, 0.1) is 42.7 Å². The molecule has 0 aliphatic rings. The van der Waals surface area contributed by atoms with Crippen LogP contribution in [0.1, 0.15) is 68.6 Å². The highest BCUT2D eigenvalue weighted by Gasteiger charge is 2.23. The van der Waals surface area contributed by atoms with Gasteiger partial charge in [-0.2, -0.15) is 10.2 Å². The average molecular weight is 843 g/mol. The normalized spacial score (nSPS) is 11.6. The van der Waals surface area contributed by atoms with E-state index in [1.54, 1.807) is 56.6 Å². The molecule has 0 aliphatic carbocycles. The summed E-state index contributed by atoms with van der Waals surface area (Å²) in [5.41, 5.74) is 16.6. The molecule has 0 saturated carbocycles. The molecule has 60 heavy (non-hydrogen) atoms. The van der Waals surface area contributed by atoms with Gasteiger partial charge >= 0.3 is 8.60 Å². The molecule has 0 aliphatic heterocycles. The first-order valence-electron chi connectivity index (χ1n) is 18.9. The highest BCUT2D eigenvalue weighted by molar-refractivity contribution is 7.39. The summed E-state index contributed by atoms with van der Waals surface area (Å²) in [6.45, 7) is 12.7. The SMILES string of the molecule is C=C(N)c1cc(OCCCOP(O)O)c2c(c1)nc(NC(=O)c1cc(C)nn1CC)n2C/C=C/Cn1c(NC(=O)c2cc(C)nn2CC)nc2cc(C(N)=O)cc(OC)c21. The Balaban J connectivity index is 1.40. The molecule has 0 unspecified atom stereocenters. The monoisotopic (exact) mass is 842 g/mol. The molecule has 4 aromatic heterocycles. The molecule has 0 fully saturated rings. The van der Waals surface area contributed by atoms with E-state index in [0.717, 1.165) is 0 Å². The number of methoxy groups -OCH3 is 1. The fourth-order valence-corrected chi connectivity index (χ4v) is 6.91. The lowest BCUT2D eigenvalue weighted by Crippen LogP contribution is -2.20. The summed E-state index contributed by atoms with van der Waals surface area (Å²) in [5, 5.41) is 14.6. The molecule has 6 rings (SSSR count). The van der Waals surface area contributed by atoms with Crippen molar-refractivity contribution >= 4 is 66.0 Å². The van der Waals surface area contributed by atoms with Crippen LogP contribution in [0.4, 0.5) is 11.9 Å². The number of nitrogens with one attached hydrogen (secondary N) is 2. The summed E-state index contributed by atoms with van der Waals surface area (Å²) in [6, 6.07) is 9.85. The number of hydrogen-bond acceptors (Lipinski definition) is 13. The van der Waals surface area contributed by atoms with Crippen molar-refractivity contribution in [2.75, 3.05) is 31.0 Å². The fourth-order valence-electron chi connectivity index (χ4n) is 6.62. The van der Waals surface area contributed by atoms with Crippen molar-refractivity contribution in [3.8, 4) is 11.5 Å². The Morgan fingerprint density at radius 1 is 0.783 bits per heavy atom. The molecule has 2 aromatic carbocycles. The number of aromatic nitrogens is 8. The maximum absolute atomic E-state index is 13.7. The predicted molar refractivity (Wildman–Crippen MR) is 226 cm³/mol. The summed E-state index contributed by atoms with van der Waals surface area (Å²) in [5.74, 6) is -0.488. The molecular formula is C39H47N12O8P. The van der Waals surface area contributed by atoms with E-state index in [4.69, 9.17) is 40.2 Å². The van der Waals surface area contributed by atoms with E-state index >= 15 is 0 Å². The first-order chi connectivity index (χ1) is 28.7. The summed E-state index contributed by atoms with van der Waals surface area (Å²) < 4.78 is 23.5. The second-order valence-corrected chi connectivity index (χ2v) is 14.3. The fraction of sp³-hybridized carbons (Fsp3) is 0.308. The van der Waals surface area contributed by atoms with E-state index < -0.39 is 26.3 Å². The minimum absolute atomic E-state index is 0.0425. The number of ether oxygens (including phenoxy) is 2. The molecule has 0 spiro atoms. The number of nitrogens with two attached hydrogens (primary N) is 2. The van der Waals surface area contributed by atoms with Crippen LogP contribution in [0.3, 0.4) is 0 Å². The number of carbonyl (C=O) groups is 3. The Morgan fingerprint density at radius 2 is 1.28 bits per heavy atom. The smallest absolute Gasteiger partial charge is 0.327 e. The molecule has 316 valence electrons. The summed E-state index contributed by atoms with van der Waals surface area (Å²) in [6.07, 6.45) is 4.00. The zero-order chi connectivity index (χ0) is 43.2. The zero-order valence-electron chi connectivity index (χ0n) is 33.8. The number of aryl methyl sites for hydroxylation is 4. The third-order valence-corrected chi connectivity index (χ3v) is 9.72.